The summed E-state index contributed by atoms with van der Waals surface area (Å²) in [5, 5.41) is 8.26. The van der Waals surface area contributed by atoms with Gasteiger partial charge in [-0.05, 0) is 20.8 Å². The number of rotatable bonds is 6. The van der Waals surface area contributed by atoms with Crippen molar-refractivity contribution in [3.8, 4) is 0 Å². The number of hydrogen-bond acceptors (Lipinski definition) is 4. The Morgan fingerprint density at radius 3 is 2.43 bits per heavy atom. The lowest BCUT2D eigenvalue weighted by Gasteiger charge is -2.15. The molecule has 2 aromatic heterocycles. The third kappa shape index (κ3) is 3.01. The molecule has 0 saturated carbocycles. The van der Waals surface area contributed by atoms with E-state index in [1.54, 1.807) is 24.1 Å². The Bertz CT molecular complexity index is 717. The predicted molar refractivity (Wildman–Crippen MR) is 79.2 cm³/mol. The van der Waals surface area contributed by atoms with Gasteiger partial charge in [-0.1, -0.05) is 0 Å². The molecular formula is C13H21N5O2S. The van der Waals surface area contributed by atoms with Crippen LogP contribution in [-0.4, -0.2) is 39.3 Å². The van der Waals surface area contributed by atoms with E-state index in [0.29, 0.717) is 13.1 Å². The summed E-state index contributed by atoms with van der Waals surface area (Å²) in [5.41, 5.74) is 1.90. The van der Waals surface area contributed by atoms with Crippen LogP contribution in [0, 0.1) is 6.92 Å². The predicted octanol–water partition coefficient (Wildman–Crippen LogP) is 1.25. The van der Waals surface area contributed by atoms with E-state index in [1.807, 2.05) is 25.5 Å². The zero-order chi connectivity index (χ0) is 15.6. The lowest BCUT2D eigenvalue weighted by Crippen LogP contribution is -2.26. The van der Waals surface area contributed by atoms with Crippen molar-refractivity contribution in [1.82, 2.24) is 23.9 Å². The zero-order valence-electron chi connectivity index (χ0n) is 12.8. The van der Waals surface area contributed by atoms with Crippen molar-refractivity contribution in [3.63, 3.8) is 0 Å². The van der Waals surface area contributed by atoms with Crippen molar-refractivity contribution in [1.29, 1.82) is 0 Å². The Balaban J connectivity index is 2.22. The summed E-state index contributed by atoms with van der Waals surface area (Å²) in [5.74, 6) is 0. The highest BCUT2D eigenvalue weighted by atomic mass is 32.2. The quantitative estimate of drug-likeness (QED) is 0.805. The second kappa shape index (κ2) is 5.98. The largest absolute Gasteiger partial charge is 0.272 e. The Hall–Kier alpha value is -1.67. The second-order valence-corrected chi connectivity index (χ2v) is 6.91. The van der Waals surface area contributed by atoms with E-state index in [2.05, 4.69) is 10.2 Å². The second-order valence-electron chi connectivity index (χ2n) is 4.86. The van der Waals surface area contributed by atoms with Crippen LogP contribution in [-0.2, 0) is 29.7 Å². The topological polar surface area (TPSA) is 73.0 Å². The van der Waals surface area contributed by atoms with Gasteiger partial charge in [0.25, 0.3) is 0 Å². The Morgan fingerprint density at radius 2 is 1.90 bits per heavy atom. The summed E-state index contributed by atoms with van der Waals surface area (Å²) >= 11 is 0. The molecule has 0 radical (unpaired) electrons. The molecule has 2 aromatic rings. The summed E-state index contributed by atoms with van der Waals surface area (Å²) in [6.07, 6.45) is 4.66. The van der Waals surface area contributed by atoms with E-state index >= 15 is 0 Å². The summed E-state index contributed by atoms with van der Waals surface area (Å²) in [7, 11) is -1.96. The molecule has 0 spiro atoms. The average molecular weight is 311 g/mol. The van der Waals surface area contributed by atoms with Crippen LogP contribution >= 0.6 is 0 Å². The van der Waals surface area contributed by atoms with Gasteiger partial charge in [0, 0.05) is 44.1 Å². The van der Waals surface area contributed by atoms with Gasteiger partial charge >= 0.3 is 0 Å². The van der Waals surface area contributed by atoms with E-state index in [-0.39, 0.29) is 4.90 Å². The number of nitrogens with zero attached hydrogens (tertiary/aromatic N) is 5. The number of hydrogen-bond donors (Lipinski definition) is 0. The minimum atomic E-state index is -3.53. The van der Waals surface area contributed by atoms with Gasteiger partial charge in [0.15, 0.2) is 0 Å². The first kappa shape index (κ1) is 15.7. The van der Waals surface area contributed by atoms with Gasteiger partial charge in [-0.2, -0.15) is 14.5 Å². The minimum absolute atomic E-state index is 0.215. The van der Waals surface area contributed by atoms with Crippen molar-refractivity contribution in [3.05, 3.63) is 29.8 Å². The van der Waals surface area contributed by atoms with Crippen molar-refractivity contribution in [2.45, 2.75) is 45.3 Å². The summed E-state index contributed by atoms with van der Waals surface area (Å²) in [4.78, 5) is 0.215. The fourth-order valence-electron chi connectivity index (χ4n) is 2.11. The molecule has 0 fully saturated rings. The molecule has 7 nitrogen and oxygen atoms in total. The van der Waals surface area contributed by atoms with E-state index < -0.39 is 10.0 Å². The molecule has 21 heavy (non-hydrogen) atoms. The van der Waals surface area contributed by atoms with Crippen molar-refractivity contribution < 1.29 is 8.42 Å². The van der Waals surface area contributed by atoms with E-state index in [4.69, 9.17) is 0 Å². The van der Waals surface area contributed by atoms with Crippen LogP contribution in [0.25, 0.3) is 0 Å². The molecule has 2 rings (SSSR count). The van der Waals surface area contributed by atoms with Crippen LogP contribution in [0.5, 0.6) is 0 Å². The zero-order valence-corrected chi connectivity index (χ0v) is 13.6. The molecule has 0 N–H and O–H groups in total. The van der Waals surface area contributed by atoms with Crippen LogP contribution in [0.4, 0.5) is 0 Å². The molecule has 8 heteroatoms. The Labute approximate surface area is 125 Å². The molecule has 0 aromatic carbocycles. The SMILES string of the molecule is CCn1cc(S(=O)(=O)N(C)Cc2cnn(CC)c2C)cn1. The number of aromatic nitrogens is 4. The summed E-state index contributed by atoms with van der Waals surface area (Å²) in [6.45, 7) is 7.57. The van der Waals surface area contributed by atoms with Crippen molar-refractivity contribution in [2.75, 3.05) is 7.05 Å². The number of sulfonamides is 1. The maximum absolute atomic E-state index is 12.5. The molecule has 0 aliphatic carbocycles. The molecule has 0 saturated heterocycles. The lowest BCUT2D eigenvalue weighted by atomic mass is 10.2. The number of aryl methyl sites for hydroxylation is 2. The van der Waals surface area contributed by atoms with Crippen LogP contribution in [0.2, 0.25) is 0 Å². The lowest BCUT2D eigenvalue weighted by molar-refractivity contribution is 0.465. The van der Waals surface area contributed by atoms with Gasteiger partial charge in [0.05, 0.1) is 12.4 Å². The highest BCUT2D eigenvalue weighted by Crippen LogP contribution is 2.17. The summed E-state index contributed by atoms with van der Waals surface area (Å²) in [6, 6.07) is 0. The third-order valence-electron chi connectivity index (χ3n) is 3.54. The standard InChI is InChI=1S/C13H21N5O2S/c1-5-17-10-13(8-14-17)21(19,20)16(4)9-12-7-15-18(6-2)11(12)3/h7-8,10H,5-6,9H2,1-4H3. The first-order valence-electron chi connectivity index (χ1n) is 6.90. The van der Waals surface area contributed by atoms with Gasteiger partial charge < -0.3 is 0 Å². The molecule has 116 valence electrons. The molecule has 0 bridgehead atoms. The fraction of sp³-hybridized carbons (Fsp3) is 0.538. The minimum Gasteiger partial charge on any atom is -0.272 e. The Morgan fingerprint density at radius 1 is 1.19 bits per heavy atom. The highest BCUT2D eigenvalue weighted by molar-refractivity contribution is 7.89. The molecule has 0 unspecified atom stereocenters. The molecule has 0 amide bonds. The highest BCUT2D eigenvalue weighted by Gasteiger charge is 2.23. The van der Waals surface area contributed by atoms with Gasteiger partial charge in [0.1, 0.15) is 4.90 Å². The Kier molecular flexibility index (Phi) is 4.48. The van der Waals surface area contributed by atoms with Crippen LogP contribution in [0.1, 0.15) is 25.1 Å². The van der Waals surface area contributed by atoms with Crippen LogP contribution in [0.3, 0.4) is 0 Å². The van der Waals surface area contributed by atoms with Gasteiger partial charge in [-0.25, -0.2) is 8.42 Å². The maximum Gasteiger partial charge on any atom is 0.246 e. The van der Waals surface area contributed by atoms with Crippen LogP contribution < -0.4 is 0 Å². The first-order valence-corrected chi connectivity index (χ1v) is 8.34. The van der Waals surface area contributed by atoms with Crippen molar-refractivity contribution >= 4 is 10.0 Å². The maximum atomic E-state index is 12.5. The fourth-order valence-corrected chi connectivity index (χ4v) is 3.22. The van der Waals surface area contributed by atoms with Crippen LogP contribution in [0.15, 0.2) is 23.5 Å². The van der Waals surface area contributed by atoms with E-state index in [0.717, 1.165) is 17.8 Å². The molecular weight excluding hydrogens is 290 g/mol. The van der Waals surface area contributed by atoms with Gasteiger partial charge in [0.2, 0.25) is 10.0 Å². The molecule has 0 aliphatic rings. The molecule has 2 heterocycles. The molecule has 0 aliphatic heterocycles. The normalized spacial score (nSPS) is 12.2. The average Bonchev–Trinajstić information content (AvgIpc) is 3.07. The third-order valence-corrected chi connectivity index (χ3v) is 5.30. The van der Waals surface area contributed by atoms with Gasteiger partial charge in [-0.15, -0.1) is 0 Å². The monoisotopic (exact) mass is 311 g/mol. The van der Waals surface area contributed by atoms with E-state index in [1.165, 1.54) is 10.5 Å². The summed E-state index contributed by atoms with van der Waals surface area (Å²) < 4.78 is 29.8. The molecule has 0 atom stereocenters. The van der Waals surface area contributed by atoms with E-state index in [9.17, 15) is 8.42 Å². The first-order chi connectivity index (χ1) is 9.90. The van der Waals surface area contributed by atoms with Gasteiger partial charge in [-0.3, -0.25) is 9.36 Å². The smallest absolute Gasteiger partial charge is 0.246 e. The van der Waals surface area contributed by atoms with Crippen molar-refractivity contribution in [2.24, 2.45) is 0 Å².